The average molecular weight is 638 g/mol. The van der Waals surface area contributed by atoms with E-state index in [0.717, 1.165) is 44.6 Å². The minimum atomic E-state index is 0.875. The van der Waals surface area contributed by atoms with Crippen LogP contribution in [0, 0.1) is 0 Å². The number of hydrogen-bond acceptors (Lipinski definition) is 2. The van der Waals surface area contributed by atoms with Gasteiger partial charge < -0.3 is 9.32 Å². The van der Waals surface area contributed by atoms with Crippen LogP contribution in [-0.2, 0) is 0 Å². The Morgan fingerprint density at radius 2 is 0.980 bits per heavy atom. The molecule has 0 atom stereocenters. The van der Waals surface area contributed by atoms with Gasteiger partial charge >= 0.3 is 0 Å². The highest BCUT2D eigenvalue weighted by molar-refractivity contribution is 6.15. The molecule has 0 saturated heterocycles. The molecule has 0 bridgehead atoms. The van der Waals surface area contributed by atoms with E-state index < -0.39 is 0 Å². The molecule has 234 valence electrons. The Morgan fingerprint density at radius 1 is 0.320 bits per heavy atom. The molecule has 0 saturated carbocycles. The molecule has 2 heteroatoms. The van der Waals surface area contributed by atoms with Crippen molar-refractivity contribution in [1.29, 1.82) is 0 Å². The molecule has 9 aromatic carbocycles. The van der Waals surface area contributed by atoms with Gasteiger partial charge in [0.1, 0.15) is 11.2 Å². The standard InChI is InChI=1S/C48H31NO/c1-2-14-39(15-3-1)49(40-16-8-13-36(29-40)37-24-20-32-10-4-5-12-35(32)28-37)41-26-27-46-45(31-41)48-43(18-9-19-47(48)50-46)38-25-23-34-22-21-33-11-6-7-17-42(33)44(34)30-38/h1-31H. The maximum absolute atomic E-state index is 6.51. The van der Waals surface area contributed by atoms with Crippen LogP contribution >= 0.6 is 0 Å². The highest BCUT2D eigenvalue weighted by atomic mass is 16.3. The summed E-state index contributed by atoms with van der Waals surface area (Å²) in [5, 5.41) is 9.72. The van der Waals surface area contributed by atoms with Crippen molar-refractivity contribution in [1.82, 2.24) is 0 Å². The fraction of sp³-hybridized carbons (Fsp3) is 0. The Balaban J connectivity index is 1.14. The van der Waals surface area contributed by atoms with Crippen molar-refractivity contribution in [3.8, 4) is 22.3 Å². The summed E-state index contributed by atoms with van der Waals surface area (Å²) in [6.45, 7) is 0. The molecule has 0 fully saturated rings. The van der Waals surface area contributed by atoms with Gasteiger partial charge in [-0.15, -0.1) is 0 Å². The van der Waals surface area contributed by atoms with Gasteiger partial charge in [-0.1, -0.05) is 127 Å². The van der Waals surface area contributed by atoms with Crippen LogP contribution in [0.15, 0.2) is 192 Å². The molecule has 0 aliphatic carbocycles. The second-order valence-electron chi connectivity index (χ2n) is 13.0. The summed E-state index contributed by atoms with van der Waals surface area (Å²) in [6.07, 6.45) is 0. The largest absolute Gasteiger partial charge is 0.456 e. The number of fused-ring (bicyclic) bond motifs is 7. The number of hydrogen-bond donors (Lipinski definition) is 0. The van der Waals surface area contributed by atoms with Crippen molar-refractivity contribution in [3.05, 3.63) is 188 Å². The van der Waals surface area contributed by atoms with Crippen LogP contribution in [0.2, 0.25) is 0 Å². The lowest BCUT2D eigenvalue weighted by Crippen LogP contribution is -2.09. The van der Waals surface area contributed by atoms with Gasteiger partial charge in [0.05, 0.1) is 0 Å². The molecule has 50 heavy (non-hydrogen) atoms. The zero-order valence-electron chi connectivity index (χ0n) is 27.3. The molecular weight excluding hydrogens is 607 g/mol. The van der Waals surface area contributed by atoms with E-state index in [1.807, 2.05) is 0 Å². The third-order valence-corrected chi connectivity index (χ3v) is 10.00. The van der Waals surface area contributed by atoms with Crippen molar-refractivity contribution in [3.63, 3.8) is 0 Å². The first-order chi connectivity index (χ1) is 24.8. The van der Waals surface area contributed by atoms with Gasteiger partial charge in [-0.25, -0.2) is 0 Å². The van der Waals surface area contributed by atoms with E-state index >= 15 is 0 Å². The zero-order valence-corrected chi connectivity index (χ0v) is 27.3. The monoisotopic (exact) mass is 637 g/mol. The molecule has 0 radical (unpaired) electrons. The van der Waals surface area contributed by atoms with Crippen LogP contribution in [0.1, 0.15) is 0 Å². The number of para-hydroxylation sites is 1. The fourth-order valence-electron chi connectivity index (χ4n) is 7.58. The summed E-state index contributed by atoms with van der Waals surface area (Å²) in [5.41, 5.74) is 9.73. The first-order valence-electron chi connectivity index (χ1n) is 17.1. The van der Waals surface area contributed by atoms with Gasteiger partial charge in [0.2, 0.25) is 0 Å². The summed E-state index contributed by atoms with van der Waals surface area (Å²) in [5.74, 6) is 0. The summed E-state index contributed by atoms with van der Waals surface area (Å²) >= 11 is 0. The van der Waals surface area contributed by atoms with E-state index in [9.17, 15) is 0 Å². The number of furan rings is 1. The highest BCUT2D eigenvalue weighted by Crippen LogP contribution is 2.43. The second-order valence-corrected chi connectivity index (χ2v) is 13.0. The highest BCUT2D eigenvalue weighted by Gasteiger charge is 2.18. The van der Waals surface area contributed by atoms with Gasteiger partial charge in [-0.3, -0.25) is 0 Å². The van der Waals surface area contributed by atoms with E-state index in [0.29, 0.717) is 0 Å². The first-order valence-corrected chi connectivity index (χ1v) is 17.1. The zero-order chi connectivity index (χ0) is 33.0. The maximum Gasteiger partial charge on any atom is 0.136 e. The van der Waals surface area contributed by atoms with E-state index in [1.165, 1.54) is 49.0 Å². The minimum absolute atomic E-state index is 0.875. The Morgan fingerprint density at radius 3 is 1.88 bits per heavy atom. The Labute approximate surface area is 290 Å². The number of anilines is 3. The van der Waals surface area contributed by atoms with Crippen LogP contribution < -0.4 is 4.90 Å². The third kappa shape index (κ3) is 4.73. The number of rotatable bonds is 5. The lowest BCUT2D eigenvalue weighted by Gasteiger charge is -2.26. The van der Waals surface area contributed by atoms with E-state index in [2.05, 4.69) is 193 Å². The van der Waals surface area contributed by atoms with Crippen LogP contribution in [0.3, 0.4) is 0 Å². The molecule has 0 amide bonds. The summed E-state index contributed by atoms with van der Waals surface area (Å²) in [7, 11) is 0. The molecule has 0 aliphatic heterocycles. The molecule has 1 heterocycles. The van der Waals surface area contributed by atoms with Crippen LogP contribution in [-0.4, -0.2) is 0 Å². The molecule has 0 aliphatic rings. The summed E-state index contributed by atoms with van der Waals surface area (Å²) in [4.78, 5) is 2.34. The third-order valence-electron chi connectivity index (χ3n) is 10.00. The van der Waals surface area contributed by atoms with Gasteiger partial charge in [-0.05, 0) is 115 Å². The predicted octanol–water partition coefficient (Wildman–Crippen LogP) is 13.8. The lowest BCUT2D eigenvalue weighted by atomic mass is 9.95. The van der Waals surface area contributed by atoms with Crippen LogP contribution in [0.5, 0.6) is 0 Å². The summed E-state index contributed by atoms with van der Waals surface area (Å²) in [6, 6.07) is 67.5. The molecular formula is C48H31NO. The quantitative estimate of drug-likeness (QED) is 0.175. The van der Waals surface area contributed by atoms with Crippen molar-refractivity contribution in [2.75, 3.05) is 4.90 Å². The Bertz CT molecular complexity index is 2880. The van der Waals surface area contributed by atoms with Gasteiger partial charge in [0.15, 0.2) is 0 Å². The normalized spacial score (nSPS) is 11.6. The average Bonchev–Trinajstić information content (AvgIpc) is 3.56. The molecule has 2 nitrogen and oxygen atoms in total. The van der Waals surface area contributed by atoms with Crippen LogP contribution in [0.25, 0.3) is 76.5 Å². The molecule has 10 aromatic rings. The topological polar surface area (TPSA) is 16.4 Å². The Kier molecular flexibility index (Phi) is 6.53. The molecule has 0 N–H and O–H groups in total. The maximum atomic E-state index is 6.51. The van der Waals surface area contributed by atoms with E-state index in [4.69, 9.17) is 4.42 Å². The van der Waals surface area contributed by atoms with Crippen molar-refractivity contribution in [2.45, 2.75) is 0 Å². The summed E-state index contributed by atoms with van der Waals surface area (Å²) < 4.78 is 6.51. The van der Waals surface area contributed by atoms with Crippen molar-refractivity contribution >= 4 is 71.3 Å². The molecule has 0 spiro atoms. The van der Waals surface area contributed by atoms with Gasteiger partial charge in [0.25, 0.3) is 0 Å². The van der Waals surface area contributed by atoms with Gasteiger partial charge in [-0.2, -0.15) is 0 Å². The first kappa shape index (κ1) is 28.4. The van der Waals surface area contributed by atoms with E-state index in [1.54, 1.807) is 0 Å². The molecule has 1 aromatic heterocycles. The van der Waals surface area contributed by atoms with E-state index in [-0.39, 0.29) is 0 Å². The number of nitrogens with zero attached hydrogens (tertiary/aromatic N) is 1. The SMILES string of the molecule is c1ccc(N(c2cccc(-c3ccc4ccccc4c3)c2)c2ccc3oc4cccc(-c5ccc6ccc7ccccc7c6c5)c4c3c2)cc1. The fourth-order valence-corrected chi connectivity index (χ4v) is 7.58. The van der Waals surface area contributed by atoms with Crippen molar-refractivity contribution < 1.29 is 4.42 Å². The molecule has 0 unspecified atom stereocenters. The minimum Gasteiger partial charge on any atom is -0.456 e. The smallest absolute Gasteiger partial charge is 0.136 e. The lowest BCUT2D eigenvalue weighted by molar-refractivity contribution is 0.669. The Hall–Kier alpha value is -6.64. The number of benzene rings is 9. The predicted molar refractivity (Wildman–Crippen MR) is 212 cm³/mol. The van der Waals surface area contributed by atoms with Crippen LogP contribution in [0.4, 0.5) is 17.1 Å². The van der Waals surface area contributed by atoms with Crippen molar-refractivity contribution in [2.24, 2.45) is 0 Å². The second kappa shape index (κ2) is 11.5. The van der Waals surface area contributed by atoms with Gasteiger partial charge in [0, 0.05) is 27.8 Å². The molecule has 10 rings (SSSR count).